The number of hydrogen-bond acceptors (Lipinski definition) is 8. The number of hydrogen-bond donors (Lipinski definition) is 1. The monoisotopic (exact) mass is 562 g/mol. The molecular weight excluding hydrogens is 524 g/mol. The fraction of sp³-hybridized carbons (Fsp3) is 0.333. The van der Waals surface area contributed by atoms with E-state index < -0.39 is 0 Å². The van der Waals surface area contributed by atoms with Crippen molar-refractivity contribution in [3.63, 3.8) is 0 Å². The van der Waals surface area contributed by atoms with Crippen LogP contribution in [0.5, 0.6) is 46.0 Å². The van der Waals surface area contributed by atoms with E-state index in [-0.39, 0.29) is 5.75 Å². The summed E-state index contributed by atoms with van der Waals surface area (Å²) in [5.74, 6) is 4.12. The van der Waals surface area contributed by atoms with Gasteiger partial charge in [-0.3, -0.25) is 0 Å². The molecule has 8 heteroatoms. The number of aromatic hydroxyl groups is 1. The summed E-state index contributed by atoms with van der Waals surface area (Å²) < 4.78 is 40.4. The molecule has 1 N–H and O–H groups in total. The van der Waals surface area contributed by atoms with Crippen LogP contribution >= 0.6 is 0 Å². The summed E-state index contributed by atoms with van der Waals surface area (Å²) in [5, 5.41) is 13.1. The third-order valence-electron chi connectivity index (χ3n) is 6.78. The predicted octanol–water partition coefficient (Wildman–Crippen LogP) is 7.03. The van der Waals surface area contributed by atoms with E-state index in [1.54, 1.807) is 34.5 Å². The third kappa shape index (κ3) is 5.87. The first-order valence-electron chi connectivity index (χ1n) is 13.6. The largest absolute Gasteiger partial charge is 0.508 e. The summed E-state index contributed by atoms with van der Waals surface area (Å²) in [7, 11) is 6.39. The predicted molar refractivity (Wildman–Crippen MR) is 160 cm³/mol. The molecule has 8 nitrogen and oxygen atoms in total. The van der Waals surface area contributed by atoms with Crippen LogP contribution in [-0.2, 0) is 6.42 Å². The highest BCUT2D eigenvalue weighted by Crippen LogP contribution is 2.51. The van der Waals surface area contributed by atoms with Crippen molar-refractivity contribution < 1.29 is 38.3 Å². The Labute approximate surface area is 241 Å². The fourth-order valence-electron chi connectivity index (χ4n) is 5.05. The highest BCUT2D eigenvalue weighted by atomic mass is 16.5. The van der Waals surface area contributed by atoms with E-state index in [1.165, 1.54) is 0 Å². The first-order valence-corrected chi connectivity index (χ1v) is 13.6. The van der Waals surface area contributed by atoms with Gasteiger partial charge in [0, 0.05) is 34.6 Å². The quantitative estimate of drug-likeness (QED) is 0.186. The average molecular weight is 563 g/mol. The van der Waals surface area contributed by atoms with Crippen LogP contribution in [0.25, 0.3) is 21.9 Å². The number of fused-ring (bicyclic) bond motifs is 1. The molecule has 0 amide bonds. The first kappa shape index (κ1) is 29.5. The molecule has 0 aliphatic carbocycles. The zero-order valence-electron chi connectivity index (χ0n) is 24.8. The Morgan fingerprint density at radius 3 is 1.93 bits per heavy atom. The summed E-state index contributed by atoms with van der Waals surface area (Å²) in [5.41, 5.74) is 3.17. The maximum absolute atomic E-state index is 11.6. The molecule has 0 aliphatic rings. The Kier molecular flexibility index (Phi) is 9.55. The summed E-state index contributed by atoms with van der Waals surface area (Å²) >= 11 is 0. The second-order valence-electron chi connectivity index (χ2n) is 9.11. The van der Waals surface area contributed by atoms with Crippen molar-refractivity contribution in [2.75, 3.05) is 48.3 Å². The molecule has 0 heterocycles. The molecule has 218 valence electrons. The lowest BCUT2D eigenvalue weighted by atomic mass is 9.88. The van der Waals surface area contributed by atoms with Gasteiger partial charge >= 0.3 is 0 Å². The van der Waals surface area contributed by atoms with Crippen molar-refractivity contribution >= 4 is 10.8 Å². The molecule has 41 heavy (non-hydrogen) atoms. The van der Waals surface area contributed by atoms with Gasteiger partial charge in [0.2, 0.25) is 5.75 Å². The fourth-order valence-corrected chi connectivity index (χ4v) is 5.05. The molecule has 0 fully saturated rings. The van der Waals surface area contributed by atoms with Crippen LogP contribution in [-0.4, -0.2) is 53.4 Å². The summed E-state index contributed by atoms with van der Waals surface area (Å²) in [4.78, 5) is 0. The molecule has 4 rings (SSSR count). The van der Waals surface area contributed by atoms with E-state index in [0.717, 1.165) is 22.1 Å². The standard InChI is InChI=1S/C33H38O8/c1-8-39-21-12-13-22(28(17-21)35-4)31-23-19-30(37-6)33(41-10-3)32(38-7)24(23)18-26(34)25(31)15-20-11-14-27(40-9-2)29(16-20)36-5/h11-14,16-19,34H,8-10,15H2,1-7H3. The Balaban J connectivity index is 2.06. The minimum Gasteiger partial charge on any atom is -0.508 e. The molecule has 0 bridgehead atoms. The van der Waals surface area contributed by atoms with E-state index in [1.807, 2.05) is 63.2 Å². The Morgan fingerprint density at radius 2 is 1.29 bits per heavy atom. The van der Waals surface area contributed by atoms with Crippen LogP contribution in [0.15, 0.2) is 48.5 Å². The van der Waals surface area contributed by atoms with Crippen molar-refractivity contribution in [3.8, 4) is 57.1 Å². The molecular formula is C33H38O8. The second-order valence-corrected chi connectivity index (χ2v) is 9.11. The molecule has 0 saturated carbocycles. The van der Waals surface area contributed by atoms with E-state index in [0.29, 0.717) is 77.4 Å². The van der Waals surface area contributed by atoms with Gasteiger partial charge in [-0.05, 0) is 68.1 Å². The van der Waals surface area contributed by atoms with E-state index >= 15 is 0 Å². The van der Waals surface area contributed by atoms with Crippen molar-refractivity contribution in [2.45, 2.75) is 27.2 Å². The maximum atomic E-state index is 11.6. The first-order chi connectivity index (χ1) is 19.9. The molecule has 0 aliphatic heterocycles. The number of ether oxygens (including phenoxy) is 7. The maximum Gasteiger partial charge on any atom is 0.204 e. The van der Waals surface area contributed by atoms with Crippen molar-refractivity contribution in [1.82, 2.24) is 0 Å². The smallest absolute Gasteiger partial charge is 0.204 e. The van der Waals surface area contributed by atoms with Crippen LogP contribution in [0.1, 0.15) is 31.9 Å². The second kappa shape index (κ2) is 13.3. The molecule has 4 aromatic carbocycles. The zero-order valence-corrected chi connectivity index (χ0v) is 24.8. The minimum atomic E-state index is 0.0993. The van der Waals surface area contributed by atoms with E-state index in [9.17, 15) is 5.11 Å². The molecule has 0 spiro atoms. The Morgan fingerprint density at radius 1 is 0.585 bits per heavy atom. The normalized spacial score (nSPS) is 10.8. The summed E-state index contributed by atoms with van der Waals surface area (Å²) in [6.07, 6.45) is 0.397. The SMILES string of the molecule is CCOc1ccc(-c2c(Cc3ccc(OCC)c(OC)c3)c(O)cc3c(OC)c(OCC)c(OC)cc23)c(OC)c1. The van der Waals surface area contributed by atoms with Gasteiger partial charge in [-0.15, -0.1) is 0 Å². The summed E-state index contributed by atoms with van der Waals surface area (Å²) in [6.45, 7) is 7.22. The van der Waals surface area contributed by atoms with Crippen molar-refractivity contribution in [3.05, 3.63) is 59.7 Å². The van der Waals surface area contributed by atoms with Crippen LogP contribution in [0.3, 0.4) is 0 Å². The Bertz CT molecular complexity index is 1510. The van der Waals surface area contributed by atoms with Gasteiger partial charge in [0.1, 0.15) is 17.2 Å². The zero-order chi connectivity index (χ0) is 29.5. The molecule has 0 aromatic heterocycles. The van der Waals surface area contributed by atoms with Crippen LogP contribution in [0, 0.1) is 0 Å². The molecule has 4 aromatic rings. The average Bonchev–Trinajstić information content (AvgIpc) is 2.98. The van der Waals surface area contributed by atoms with Crippen LogP contribution < -0.4 is 33.2 Å². The lowest BCUT2D eigenvalue weighted by Gasteiger charge is -2.22. The highest BCUT2D eigenvalue weighted by Gasteiger charge is 2.25. The topological polar surface area (TPSA) is 84.8 Å². The molecule has 0 radical (unpaired) electrons. The lowest BCUT2D eigenvalue weighted by molar-refractivity contribution is 0.290. The highest BCUT2D eigenvalue weighted by molar-refractivity contribution is 6.06. The number of benzene rings is 4. The minimum absolute atomic E-state index is 0.0993. The third-order valence-corrected chi connectivity index (χ3v) is 6.78. The van der Waals surface area contributed by atoms with Gasteiger partial charge in [0.15, 0.2) is 23.0 Å². The van der Waals surface area contributed by atoms with Gasteiger partial charge in [-0.2, -0.15) is 0 Å². The van der Waals surface area contributed by atoms with Gasteiger partial charge in [-0.1, -0.05) is 6.07 Å². The number of rotatable bonds is 13. The summed E-state index contributed by atoms with van der Waals surface area (Å²) in [6, 6.07) is 15.1. The molecule has 0 unspecified atom stereocenters. The molecule has 0 atom stereocenters. The van der Waals surface area contributed by atoms with Crippen molar-refractivity contribution in [1.29, 1.82) is 0 Å². The number of methoxy groups -OCH3 is 4. The van der Waals surface area contributed by atoms with E-state index in [4.69, 9.17) is 33.2 Å². The van der Waals surface area contributed by atoms with Gasteiger partial charge in [0.05, 0.1) is 48.3 Å². The van der Waals surface area contributed by atoms with Gasteiger partial charge in [-0.25, -0.2) is 0 Å². The number of phenolic OH excluding ortho intramolecular Hbond substituents is 1. The van der Waals surface area contributed by atoms with Crippen LogP contribution in [0.2, 0.25) is 0 Å². The molecule has 0 saturated heterocycles. The van der Waals surface area contributed by atoms with Crippen molar-refractivity contribution in [2.24, 2.45) is 0 Å². The lowest BCUT2D eigenvalue weighted by Crippen LogP contribution is -2.03. The van der Waals surface area contributed by atoms with Crippen LogP contribution in [0.4, 0.5) is 0 Å². The Hall–Kier alpha value is -4.46. The van der Waals surface area contributed by atoms with E-state index in [2.05, 4.69) is 0 Å². The number of phenols is 1. The van der Waals surface area contributed by atoms with Gasteiger partial charge in [0.25, 0.3) is 0 Å². The van der Waals surface area contributed by atoms with Gasteiger partial charge < -0.3 is 38.3 Å².